The second-order valence-corrected chi connectivity index (χ2v) is 4.58. The standard InChI is InChI=1S/C14H13ClN2O2/c1-9-5-3-4-6-12(9)17(2)13-7-10(14(18)19)11(15)8-16-13/h3-8H,1-2H3,(H,18,19). The Morgan fingerprint density at radius 2 is 2.05 bits per heavy atom. The minimum absolute atomic E-state index is 0.0482. The molecule has 2 aromatic rings. The highest BCUT2D eigenvalue weighted by atomic mass is 35.5. The lowest BCUT2D eigenvalue weighted by Gasteiger charge is -2.20. The van der Waals surface area contributed by atoms with Crippen LogP contribution in [0.15, 0.2) is 36.5 Å². The van der Waals surface area contributed by atoms with Gasteiger partial charge >= 0.3 is 5.97 Å². The van der Waals surface area contributed by atoms with Gasteiger partial charge in [-0.25, -0.2) is 9.78 Å². The molecule has 0 aliphatic carbocycles. The number of hydrogen-bond donors (Lipinski definition) is 1. The van der Waals surface area contributed by atoms with Crippen molar-refractivity contribution in [1.82, 2.24) is 4.98 Å². The maximum absolute atomic E-state index is 11.1. The molecule has 0 radical (unpaired) electrons. The van der Waals surface area contributed by atoms with Gasteiger partial charge in [-0.05, 0) is 24.6 Å². The number of aromatic carboxylic acids is 1. The smallest absolute Gasteiger partial charge is 0.337 e. The molecule has 0 saturated carbocycles. The summed E-state index contributed by atoms with van der Waals surface area (Å²) in [6.45, 7) is 1.99. The first-order valence-corrected chi connectivity index (χ1v) is 6.06. The number of aromatic nitrogens is 1. The van der Waals surface area contributed by atoms with Gasteiger partial charge in [0.05, 0.1) is 10.6 Å². The molecule has 1 aromatic heterocycles. The fourth-order valence-electron chi connectivity index (χ4n) is 1.84. The monoisotopic (exact) mass is 276 g/mol. The molecule has 98 valence electrons. The van der Waals surface area contributed by atoms with Crippen molar-refractivity contribution < 1.29 is 9.90 Å². The van der Waals surface area contributed by atoms with Gasteiger partial charge in [0.1, 0.15) is 5.82 Å². The molecule has 4 nitrogen and oxygen atoms in total. The molecule has 0 amide bonds. The zero-order valence-corrected chi connectivity index (χ0v) is 11.3. The average molecular weight is 277 g/mol. The van der Waals surface area contributed by atoms with Crippen LogP contribution >= 0.6 is 11.6 Å². The first kappa shape index (κ1) is 13.4. The van der Waals surface area contributed by atoms with Crippen LogP contribution < -0.4 is 4.90 Å². The van der Waals surface area contributed by atoms with Crippen molar-refractivity contribution in [3.8, 4) is 0 Å². The quantitative estimate of drug-likeness (QED) is 0.932. The van der Waals surface area contributed by atoms with E-state index in [-0.39, 0.29) is 10.6 Å². The molecule has 0 atom stereocenters. The topological polar surface area (TPSA) is 53.4 Å². The van der Waals surface area contributed by atoms with Gasteiger partial charge in [0.15, 0.2) is 0 Å². The number of nitrogens with zero attached hydrogens (tertiary/aromatic N) is 2. The second kappa shape index (κ2) is 5.28. The van der Waals surface area contributed by atoms with Gasteiger partial charge in [-0.1, -0.05) is 29.8 Å². The van der Waals surface area contributed by atoms with E-state index in [4.69, 9.17) is 16.7 Å². The van der Waals surface area contributed by atoms with Gasteiger partial charge in [0.25, 0.3) is 0 Å². The van der Waals surface area contributed by atoms with Gasteiger partial charge in [-0.3, -0.25) is 0 Å². The van der Waals surface area contributed by atoms with E-state index >= 15 is 0 Å². The van der Waals surface area contributed by atoms with Crippen molar-refractivity contribution >= 4 is 29.1 Å². The number of carboxylic acid groups (broad SMARTS) is 1. The number of halogens is 1. The Labute approximate surface area is 116 Å². The van der Waals surface area contributed by atoms with Gasteiger partial charge in [0, 0.05) is 18.9 Å². The number of benzene rings is 1. The Balaban J connectivity index is 2.45. The molecular weight excluding hydrogens is 264 g/mol. The summed E-state index contributed by atoms with van der Waals surface area (Å²) in [4.78, 5) is 17.1. The molecule has 0 aliphatic rings. The van der Waals surface area contributed by atoms with Crippen LogP contribution in [0.1, 0.15) is 15.9 Å². The minimum atomic E-state index is -1.06. The van der Waals surface area contributed by atoms with Crippen LogP contribution in [0.25, 0.3) is 0 Å². The zero-order chi connectivity index (χ0) is 14.0. The number of carbonyl (C=O) groups is 1. The molecule has 0 fully saturated rings. The summed E-state index contributed by atoms with van der Waals surface area (Å²) in [6.07, 6.45) is 1.36. The first-order valence-electron chi connectivity index (χ1n) is 5.69. The zero-order valence-electron chi connectivity index (χ0n) is 10.6. The van der Waals surface area contributed by atoms with Crippen LogP contribution in [0.2, 0.25) is 5.02 Å². The van der Waals surface area contributed by atoms with Gasteiger partial charge < -0.3 is 10.0 Å². The number of aryl methyl sites for hydroxylation is 1. The van der Waals surface area contributed by atoms with Crippen molar-refractivity contribution in [2.24, 2.45) is 0 Å². The van der Waals surface area contributed by atoms with Crippen molar-refractivity contribution in [2.45, 2.75) is 6.92 Å². The lowest BCUT2D eigenvalue weighted by molar-refractivity contribution is 0.0697. The van der Waals surface area contributed by atoms with Gasteiger partial charge in [-0.2, -0.15) is 0 Å². The van der Waals surface area contributed by atoms with Crippen molar-refractivity contribution in [3.63, 3.8) is 0 Å². The summed E-state index contributed by atoms with van der Waals surface area (Å²) in [5.74, 6) is -0.525. The Hall–Kier alpha value is -2.07. The van der Waals surface area contributed by atoms with Crippen molar-refractivity contribution in [3.05, 3.63) is 52.7 Å². The Bertz CT molecular complexity index is 629. The van der Waals surface area contributed by atoms with Crippen LogP contribution in [-0.2, 0) is 0 Å². The number of hydrogen-bond acceptors (Lipinski definition) is 3. The van der Waals surface area contributed by atoms with Gasteiger partial charge in [-0.15, -0.1) is 0 Å². The molecule has 0 aliphatic heterocycles. The summed E-state index contributed by atoms with van der Waals surface area (Å²) in [5, 5.41) is 9.20. The highest BCUT2D eigenvalue weighted by molar-refractivity contribution is 6.33. The van der Waals surface area contributed by atoms with E-state index in [1.807, 2.05) is 43.1 Å². The SMILES string of the molecule is Cc1ccccc1N(C)c1cc(C(=O)O)c(Cl)cn1. The summed E-state index contributed by atoms with van der Waals surface area (Å²) >= 11 is 5.81. The molecule has 19 heavy (non-hydrogen) atoms. The third-order valence-corrected chi connectivity index (χ3v) is 3.19. The molecule has 2 rings (SSSR count). The highest BCUT2D eigenvalue weighted by Gasteiger charge is 2.14. The summed E-state index contributed by atoms with van der Waals surface area (Å²) in [5.41, 5.74) is 2.10. The fraction of sp³-hybridized carbons (Fsp3) is 0.143. The number of pyridine rings is 1. The van der Waals surface area contributed by atoms with E-state index in [2.05, 4.69) is 4.98 Å². The molecule has 0 unspecified atom stereocenters. The van der Waals surface area contributed by atoms with E-state index in [0.717, 1.165) is 11.3 Å². The highest BCUT2D eigenvalue weighted by Crippen LogP contribution is 2.27. The lowest BCUT2D eigenvalue weighted by Crippen LogP contribution is -2.13. The third kappa shape index (κ3) is 2.69. The lowest BCUT2D eigenvalue weighted by atomic mass is 10.2. The molecular formula is C14H13ClN2O2. The van der Waals surface area contributed by atoms with E-state index < -0.39 is 5.97 Å². The predicted molar refractivity (Wildman–Crippen MR) is 75.4 cm³/mol. The van der Waals surface area contributed by atoms with Crippen molar-refractivity contribution in [1.29, 1.82) is 0 Å². The van der Waals surface area contributed by atoms with E-state index in [1.165, 1.54) is 12.3 Å². The Morgan fingerprint density at radius 1 is 1.37 bits per heavy atom. The number of carboxylic acids is 1. The molecule has 1 aromatic carbocycles. The van der Waals surface area contributed by atoms with Crippen LogP contribution in [-0.4, -0.2) is 23.1 Å². The number of para-hydroxylation sites is 1. The Morgan fingerprint density at radius 3 is 2.68 bits per heavy atom. The van der Waals surface area contributed by atoms with Gasteiger partial charge in [0.2, 0.25) is 0 Å². The van der Waals surface area contributed by atoms with E-state index in [9.17, 15) is 4.79 Å². The van der Waals surface area contributed by atoms with Crippen LogP contribution in [0.3, 0.4) is 0 Å². The molecule has 0 spiro atoms. The predicted octanol–water partition coefficient (Wildman–Crippen LogP) is 3.51. The first-order chi connectivity index (χ1) is 9.00. The molecule has 0 saturated heterocycles. The van der Waals surface area contributed by atoms with Crippen molar-refractivity contribution in [2.75, 3.05) is 11.9 Å². The fourth-order valence-corrected chi connectivity index (χ4v) is 2.02. The van der Waals surface area contributed by atoms with Crippen LogP contribution in [0, 0.1) is 6.92 Å². The largest absolute Gasteiger partial charge is 0.478 e. The van der Waals surface area contributed by atoms with E-state index in [0.29, 0.717) is 5.82 Å². The summed E-state index contributed by atoms with van der Waals surface area (Å²) in [6, 6.07) is 9.28. The molecule has 0 bridgehead atoms. The molecule has 5 heteroatoms. The maximum Gasteiger partial charge on any atom is 0.337 e. The number of rotatable bonds is 3. The van der Waals surface area contributed by atoms with Crippen LogP contribution in [0.5, 0.6) is 0 Å². The molecule has 1 N–H and O–H groups in total. The third-order valence-electron chi connectivity index (χ3n) is 2.89. The minimum Gasteiger partial charge on any atom is -0.478 e. The van der Waals surface area contributed by atoms with Crippen LogP contribution in [0.4, 0.5) is 11.5 Å². The summed E-state index contributed by atoms with van der Waals surface area (Å²) in [7, 11) is 1.84. The normalized spacial score (nSPS) is 10.3. The number of anilines is 2. The second-order valence-electron chi connectivity index (χ2n) is 4.17. The Kier molecular flexibility index (Phi) is 3.71. The summed E-state index contributed by atoms with van der Waals surface area (Å²) < 4.78 is 0. The van der Waals surface area contributed by atoms with E-state index in [1.54, 1.807) is 0 Å². The maximum atomic E-state index is 11.1. The average Bonchev–Trinajstić information content (AvgIpc) is 2.38. The molecule has 1 heterocycles.